The number of carboxylic acids is 1. The molecular weight excluding hydrogens is 261 g/mol. The van der Waals surface area contributed by atoms with Crippen LogP contribution in [0.3, 0.4) is 0 Å². The number of carboxylic acid groups (broad SMARTS) is 1. The van der Waals surface area contributed by atoms with E-state index in [4.69, 9.17) is 5.11 Å². The number of hydrogen-bond acceptors (Lipinski definition) is 2. The van der Waals surface area contributed by atoms with Gasteiger partial charge in [0.05, 0.1) is 0 Å². The smallest absolute Gasteiger partial charge is 0.326 e. The third-order valence-electron chi connectivity index (χ3n) is 2.91. The fraction of sp³-hybridized carbons (Fsp3) is 0.333. The highest BCUT2D eigenvalue weighted by Gasteiger charge is 2.20. The number of amides is 1. The number of carbonyl (C=O) groups excluding carboxylic acids is 1. The van der Waals surface area contributed by atoms with E-state index in [0.29, 0.717) is 11.1 Å². The number of carbonyl (C=O) groups is 2. The Morgan fingerprint density at radius 2 is 1.90 bits per heavy atom. The van der Waals surface area contributed by atoms with Gasteiger partial charge in [-0.15, -0.1) is 0 Å². The van der Waals surface area contributed by atoms with Gasteiger partial charge in [-0.2, -0.15) is 0 Å². The molecular formula is C15H18FNO3. The van der Waals surface area contributed by atoms with Gasteiger partial charge in [0.1, 0.15) is 11.9 Å². The fourth-order valence-corrected chi connectivity index (χ4v) is 1.81. The first-order valence-electron chi connectivity index (χ1n) is 6.28. The molecule has 1 atom stereocenters. The van der Waals surface area contributed by atoms with Crippen molar-refractivity contribution < 1.29 is 19.1 Å². The van der Waals surface area contributed by atoms with Gasteiger partial charge in [0.25, 0.3) is 5.91 Å². The molecule has 1 aromatic carbocycles. The van der Waals surface area contributed by atoms with E-state index in [9.17, 15) is 14.0 Å². The van der Waals surface area contributed by atoms with Gasteiger partial charge < -0.3 is 10.4 Å². The summed E-state index contributed by atoms with van der Waals surface area (Å²) in [6.45, 7) is 4.90. The van der Waals surface area contributed by atoms with Crippen LogP contribution in [0.2, 0.25) is 0 Å². The maximum absolute atomic E-state index is 13.5. The van der Waals surface area contributed by atoms with Crippen molar-refractivity contribution in [2.75, 3.05) is 0 Å². The second kappa shape index (κ2) is 6.84. The van der Waals surface area contributed by atoms with Crippen LogP contribution in [0.5, 0.6) is 0 Å². The van der Waals surface area contributed by atoms with E-state index in [-0.39, 0.29) is 17.8 Å². The van der Waals surface area contributed by atoms with E-state index >= 15 is 0 Å². The summed E-state index contributed by atoms with van der Waals surface area (Å²) in [5, 5.41) is 11.5. The van der Waals surface area contributed by atoms with Crippen LogP contribution in [0, 0.1) is 19.7 Å². The molecule has 1 rings (SSSR count). The summed E-state index contributed by atoms with van der Waals surface area (Å²) < 4.78 is 13.5. The number of rotatable bonds is 5. The lowest BCUT2D eigenvalue weighted by Gasteiger charge is -2.13. The number of benzene rings is 1. The second-order valence-corrected chi connectivity index (χ2v) is 4.59. The van der Waals surface area contributed by atoms with Crippen molar-refractivity contribution in [2.45, 2.75) is 33.2 Å². The Kier molecular flexibility index (Phi) is 5.43. The first-order valence-corrected chi connectivity index (χ1v) is 6.28. The Labute approximate surface area is 117 Å². The van der Waals surface area contributed by atoms with Gasteiger partial charge in [0, 0.05) is 5.56 Å². The van der Waals surface area contributed by atoms with Crippen molar-refractivity contribution in [3.8, 4) is 0 Å². The van der Waals surface area contributed by atoms with Gasteiger partial charge in [0.2, 0.25) is 0 Å². The largest absolute Gasteiger partial charge is 0.480 e. The lowest BCUT2D eigenvalue weighted by atomic mass is 10.1. The number of aryl methyl sites for hydroxylation is 2. The molecule has 0 aliphatic heterocycles. The lowest BCUT2D eigenvalue weighted by Crippen LogP contribution is -2.40. The molecule has 0 aliphatic rings. The van der Waals surface area contributed by atoms with Gasteiger partial charge in [-0.3, -0.25) is 4.79 Å². The molecule has 0 saturated carbocycles. The molecule has 0 heterocycles. The molecule has 1 amide bonds. The molecule has 0 spiro atoms. The van der Waals surface area contributed by atoms with Crippen molar-refractivity contribution in [1.82, 2.24) is 5.32 Å². The standard InChI is InChI=1S/C15H18FNO3/c1-4-5-6-12(15(19)20)17-14(18)11-7-9(2)13(16)10(3)8-11/h4-5,7-8,12H,6H2,1-3H3,(H,17,18)(H,19,20)/b5-4+. The predicted octanol–water partition coefficient (Wildman–Crippen LogP) is 2.59. The molecule has 1 unspecified atom stereocenters. The molecule has 108 valence electrons. The number of aliphatic carboxylic acids is 1. The predicted molar refractivity (Wildman–Crippen MR) is 74.2 cm³/mol. The number of nitrogens with one attached hydrogen (secondary N) is 1. The topological polar surface area (TPSA) is 66.4 Å². The third kappa shape index (κ3) is 3.91. The first kappa shape index (κ1) is 15.9. The molecule has 4 nitrogen and oxygen atoms in total. The quantitative estimate of drug-likeness (QED) is 0.814. The SMILES string of the molecule is C/C=C/CC(NC(=O)c1cc(C)c(F)c(C)c1)C(=O)O. The monoisotopic (exact) mass is 279 g/mol. The van der Waals surface area contributed by atoms with E-state index in [1.165, 1.54) is 12.1 Å². The van der Waals surface area contributed by atoms with Gasteiger partial charge in [0.15, 0.2) is 0 Å². The highest BCUT2D eigenvalue weighted by Crippen LogP contribution is 2.15. The minimum Gasteiger partial charge on any atom is -0.480 e. The average molecular weight is 279 g/mol. The molecule has 2 N–H and O–H groups in total. The van der Waals surface area contributed by atoms with Crippen molar-refractivity contribution in [3.05, 3.63) is 46.8 Å². The van der Waals surface area contributed by atoms with Crippen LogP contribution in [0.25, 0.3) is 0 Å². The molecule has 0 fully saturated rings. The van der Waals surface area contributed by atoms with Gasteiger partial charge >= 0.3 is 5.97 Å². The Hall–Kier alpha value is -2.17. The number of hydrogen-bond donors (Lipinski definition) is 2. The average Bonchev–Trinajstić information content (AvgIpc) is 2.39. The molecule has 0 bridgehead atoms. The summed E-state index contributed by atoms with van der Waals surface area (Å²) in [4.78, 5) is 23.1. The second-order valence-electron chi connectivity index (χ2n) is 4.59. The minimum atomic E-state index is -1.10. The highest BCUT2D eigenvalue weighted by atomic mass is 19.1. The van der Waals surface area contributed by atoms with Crippen LogP contribution in [0.4, 0.5) is 4.39 Å². The normalized spacial score (nSPS) is 12.4. The zero-order chi connectivity index (χ0) is 15.3. The fourth-order valence-electron chi connectivity index (χ4n) is 1.81. The number of halogens is 1. The van der Waals surface area contributed by atoms with E-state index in [0.717, 1.165) is 0 Å². The van der Waals surface area contributed by atoms with Crippen LogP contribution in [0.15, 0.2) is 24.3 Å². The number of allylic oxidation sites excluding steroid dienone is 1. The van der Waals surface area contributed by atoms with E-state index < -0.39 is 17.9 Å². The van der Waals surface area contributed by atoms with Crippen molar-refractivity contribution >= 4 is 11.9 Å². The summed E-state index contributed by atoms with van der Waals surface area (Å²) in [6.07, 6.45) is 3.59. The van der Waals surface area contributed by atoms with E-state index in [2.05, 4.69) is 5.32 Å². The Balaban J connectivity index is 2.92. The summed E-state index contributed by atoms with van der Waals surface area (Å²) in [7, 11) is 0. The lowest BCUT2D eigenvalue weighted by molar-refractivity contribution is -0.139. The Morgan fingerprint density at radius 1 is 1.35 bits per heavy atom. The van der Waals surface area contributed by atoms with Crippen molar-refractivity contribution in [2.24, 2.45) is 0 Å². The zero-order valence-corrected chi connectivity index (χ0v) is 11.7. The van der Waals surface area contributed by atoms with Gasteiger partial charge in [-0.05, 0) is 50.5 Å². The third-order valence-corrected chi connectivity index (χ3v) is 2.91. The van der Waals surface area contributed by atoms with Crippen LogP contribution in [-0.4, -0.2) is 23.0 Å². The Morgan fingerprint density at radius 3 is 2.35 bits per heavy atom. The highest BCUT2D eigenvalue weighted by molar-refractivity contribution is 5.97. The molecule has 1 aromatic rings. The first-order chi connectivity index (χ1) is 9.36. The van der Waals surface area contributed by atoms with E-state index in [1.54, 1.807) is 32.9 Å². The van der Waals surface area contributed by atoms with E-state index in [1.807, 2.05) is 0 Å². The minimum absolute atomic E-state index is 0.205. The summed E-state index contributed by atoms with van der Waals surface area (Å²) in [5.41, 5.74) is 0.971. The maximum atomic E-state index is 13.5. The summed E-state index contributed by atoms with van der Waals surface area (Å²) >= 11 is 0. The van der Waals surface area contributed by atoms with Crippen LogP contribution >= 0.6 is 0 Å². The van der Waals surface area contributed by atoms with Crippen molar-refractivity contribution in [1.29, 1.82) is 0 Å². The summed E-state index contributed by atoms with van der Waals surface area (Å²) in [5.74, 6) is -1.98. The molecule has 5 heteroatoms. The van der Waals surface area contributed by atoms with Crippen LogP contribution in [0.1, 0.15) is 34.8 Å². The maximum Gasteiger partial charge on any atom is 0.326 e. The van der Waals surface area contributed by atoms with Crippen LogP contribution in [-0.2, 0) is 4.79 Å². The zero-order valence-electron chi connectivity index (χ0n) is 11.7. The molecule has 0 aliphatic carbocycles. The van der Waals surface area contributed by atoms with Gasteiger partial charge in [-0.25, -0.2) is 9.18 Å². The van der Waals surface area contributed by atoms with Crippen LogP contribution < -0.4 is 5.32 Å². The van der Waals surface area contributed by atoms with Gasteiger partial charge in [-0.1, -0.05) is 12.2 Å². The Bertz CT molecular complexity index is 529. The molecule has 0 saturated heterocycles. The molecule has 0 radical (unpaired) electrons. The van der Waals surface area contributed by atoms with Crippen molar-refractivity contribution in [3.63, 3.8) is 0 Å². The molecule has 20 heavy (non-hydrogen) atoms. The molecule has 0 aromatic heterocycles. The summed E-state index contributed by atoms with van der Waals surface area (Å²) in [6, 6.07) is 1.82.